The Morgan fingerprint density at radius 3 is 2.59 bits per heavy atom. The van der Waals surface area contributed by atoms with Gasteiger partial charge in [-0.1, -0.05) is 18.2 Å². The Morgan fingerprint density at radius 2 is 1.85 bits per heavy atom. The quantitative estimate of drug-likeness (QED) is 0.472. The van der Waals surface area contributed by atoms with Crippen LogP contribution in [0.3, 0.4) is 0 Å². The van der Waals surface area contributed by atoms with Crippen LogP contribution >= 0.6 is 0 Å². The number of pyridine rings is 1. The van der Waals surface area contributed by atoms with Gasteiger partial charge in [-0.15, -0.1) is 0 Å². The molecule has 0 bridgehead atoms. The highest BCUT2D eigenvalue weighted by molar-refractivity contribution is 5.94. The van der Waals surface area contributed by atoms with Crippen LogP contribution in [0.2, 0.25) is 0 Å². The summed E-state index contributed by atoms with van der Waals surface area (Å²) in [6, 6.07) is 10.2. The molecule has 5 rings (SSSR count). The minimum Gasteiger partial charge on any atom is -0.343 e. The van der Waals surface area contributed by atoms with E-state index >= 15 is 0 Å². The van der Waals surface area contributed by atoms with Crippen LogP contribution in [0, 0.1) is 11.7 Å². The molecule has 0 atom stereocenters. The van der Waals surface area contributed by atoms with Gasteiger partial charge in [-0.25, -0.2) is 14.4 Å². The Hall–Kier alpha value is -3.94. The van der Waals surface area contributed by atoms with Gasteiger partial charge in [-0.05, 0) is 48.9 Å². The fourth-order valence-corrected chi connectivity index (χ4v) is 4.35. The van der Waals surface area contributed by atoms with Crippen molar-refractivity contribution in [1.29, 1.82) is 0 Å². The third kappa shape index (κ3) is 5.01. The molecule has 3 aromatic heterocycles. The Labute approximate surface area is 197 Å². The van der Waals surface area contributed by atoms with Crippen LogP contribution in [0.1, 0.15) is 40.2 Å². The van der Waals surface area contributed by atoms with E-state index in [1.54, 1.807) is 55.1 Å². The van der Waals surface area contributed by atoms with Crippen LogP contribution in [0.15, 0.2) is 67.4 Å². The Bertz CT molecular complexity index is 1250. The molecule has 0 spiro atoms. The molecule has 172 valence electrons. The summed E-state index contributed by atoms with van der Waals surface area (Å²) in [5.41, 5.74) is 3.52. The molecule has 1 amide bonds. The van der Waals surface area contributed by atoms with Crippen LogP contribution in [-0.2, 0) is 12.8 Å². The number of amides is 1. The molecule has 1 aliphatic heterocycles. The highest BCUT2D eigenvalue weighted by atomic mass is 19.1. The molecule has 4 aromatic rings. The number of aromatic amines is 1. The summed E-state index contributed by atoms with van der Waals surface area (Å²) in [5, 5.41) is 0. The number of halogens is 1. The lowest BCUT2D eigenvalue weighted by atomic mass is 9.92. The van der Waals surface area contributed by atoms with Crippen molar-refractivity contribution in [2.75, 3.05) is 13.1 Å². The van der Waals surface area contributed by atoms with Crippen LogP contribution in [0.5, 0.6) is 0 Å². The van der Waals surface area contributed by atoms with Gasteiger partial charge in [0.05, 0.1) is 11.9 Å². The fourth-order valence-electron chi connectivity index (χ4n) is 4.35. The van der Waals surface area contributed by atoms with Gasteiger partial charge in [0.25, 0.3) is 5.91 Å². The number of benzene rings is 1. The molecule has 1 aliphatic rings. The predicted octanol–water partition coefficient (Wildman–Crippen LogP) is 4.09. The number of nitrogens with zero attached hydrogens (tertiary/aromatic N) is 5. The zero-order valence-corrected chi connectivity index (χ0v) is 18.7. The number of nitrogens with one attached hydrogen (secondary N) is 1. The van der Waals surface area contributed by atoms with Crippen molar-refractivity contribution in [3.63, 3.8) is 0 Å². The van der Waals surface area contributed by atoms with E-state index in [9.17, 15) is 9.18 Å². The van der Waals surface area contributed by atoms with Gasteiger partial charge in [0.2, 0.25) is 0 Å². The molecule has 0 aliphatic carbocycles. The lowest BCUT2D eigenvalue weighted by Crippen LogP contribution is -2.39. The van der Waals surface area contributed by atoms with Gasteiger partial charge in [0, 0.05) is 55.6 Å². The summed E-state index contributed by atoms with van der Waals surface area (Å²) in [7, 11) is 0. The highest BCUT2D eigenvalue weighted by Crippen LogP contribution is 2.23. The summed E-state index contributed by atoms with van der Waals surface area (Å²) in [6.07, 6.45) is 11.7. The van der Waals surface area contributed by atoms with Crippen molar-refractivity contribution < 1.29 is 9.18 Å². The number of piperidine rings is 1. The lowest BCUT2D eigenvalue weighted by molar-refractivity contribution is 0.0690. The molecule has 7 nitrogen and oxygen atoms in total. The van der Waals surface area contributed by atoms with Crippen molar-refractivity contribution in [2.45, 2.75) is 25.7 Å². The molecule has 0 saturated carbocycles. The maximum atomic E-state index is 14.0. The molecule has 1 fully saturated rings. The standard InChI is InChI=1S/C26H25FN6O/c27-23-4-2-1-3-19(23)14-21-15-20(5-8-28-21)26(34)33-11-6-18(7-12-33)13-22-16-32-24(17-31-22)25-29-9-10-30-25/h1-5,8-10,15-18H,6-7,11-14H2,(H,29,30). The van der Waals surface area contributed by atoms with Crippen molar-refractivity contribution in [1.82, 2.24) is 29.8 Å². The Kier molecular flexibility index (Phi) is 6.38. The Balaban J connectivity index is 1.16. The first-order chi connectivity index (χ1) is 16.7. The highest BCUT2D eigenvalue weighted by Gasteiger charge is 2.24. The van der Waals surface area contributed by atoms with Gasteiger partial charge in [0.1, 0.15) is 11.5 Å². The number of likely N-dealkylation sites (tertiary alicyclic amines) is 1. The van der Waals surface area contributed by atoms with E-state index in [4.69, 9.17) is 0 Å². The second-order valence-electron chi connectivity index (χ2n) is 8.57. The predicted molar refractivity (Wildman–Crippen MR) is 125 cm³/mol. The van der Waals surface area contributed by atoms with Gasteiger partial charge in [0.15, 0.2) is 5.82 Å². The minimum absolute atomic E-state index is 0.00164. The van der Waals surface area contributed by atoms with E-state index in [1.165, 1.54) is 6.07 Å². The average Bonchev–Trinajstić information content (AvgIpc) is 3.41. The molecule has 1 saturated heterocycles. The average molecular weight is 457 g/mol. The first-order valence-electron chi connectivity index (χ1n) is 11.4. The van der Waals surface area contributed by atoms with E-state index in [0.717, 1.165) is 30.7 Å². The number of hydrogen-bond acceptors (Lipinski definition) is 5. The third-order valence-electron chi connectivity index (χ3n) is 6.24. The van der Waals surface area contributed by atoms with Crippen LogP contribution in [0.25, 0.3) is 11.5 Å². The number of carbonyl (C=O) groups is 1. The molecule has 0 unspecified atom stereocenters. The van der Waals surface area contributed by atoms with E-state index in [0.29, 0.717) is 48.1 Å². The summed E-state index contributed by atoms with van der Waals surface area (Å²) in [4.78, 5) is 35.5. The molecule has 0 radical (unpaired) electrons. The fraction of sp³-hybridized carbons (Fsp3) is 0.269. The lowest BCUT2D eigenvalue weighted by Gasteiger charge is -2.32. The SMILES string of the molecule is O=C(c1ccnc(Cc2ccccc2F)c1)N1CCC(Cc2cnc(-c3ncc[nH]3)cn2)CC1. The summed E-state index contributed by atoms with van der Waals surface area (Å²) < 4.78 is 14.0. The van der Waals surface area contributed by atoms with Crippen LogP contribution < -0.4 is 0 Å². The molecule has 4 heterocycles. The topological polar surface area (TPSA) is 87.7 Å². The van der Waals surface area contributed by atoms with Crippen molar-refractivity contribution in [3.05, 3.63) is 95.7 Å². The van der Waals surface area contributed by atoms with Gasteiger partial charge >= 0.3 is 0 Å². The number of rotatable bonds is 6. The number of carbonyl (C=O) groups excluding carboxylic acids is 1. The molecule has 34 heavy (non-hydrogen) atoms. The zero-order valence-electron chi connectivity index (χ0n) is 18.7. The maximum absolute atomic E-state index is 14.0. The van der Waals surface area contributed by atoms with E-state index in [1.807, 2.05) is 11.1 Å². The second kappa shape index (κ2) is 9.91. The smallest absolute Gasteiger partial charge is 0.253 e. The second-order valence-corrected chi connectivity index (χ2v) is 8.57. The molecule has 1 aromatic carbocycles. The van der Waals surface area contributed by atoms with E-state index in [-0.39, 0.29) is 11.7 Å². The Morgan fingerprint density at radius 1 is 1.00 bits per heavy atom. The number of imidazole rings is 1. The number of H-pyrrole nitrogens is 1. The maximum Gasteiger partial charge on any atom is 0.253 e. The van der Waals surface area contributed by atoms with Crippen molar-refractivity contribution >= 4 is 5.91 Å². The first-order valence-corrected chi connectivity index (χ1v) is 11.4. The monoisotopic (exact) mass is 456 g/mol. The summed E-state index contributed by atoms with van der Waals surface area (Å²) in [5.74, 6) is 0.905. The van der Waals surface area contributed by atoms with Gasteiger partial charge in [-0.2, -0.15) is 0 Å². The molecule has 8 heteroatoms. The summed E-state index contributed by atoms with van der Waals surface area (Å²) >= 11 is 0. The number of aromatic nitrogens is 5. The van der Waals surface area contributed by atoms with Crippen LogP contribution in [-0.4, -0.2) is 48.8 Å². The largest absolute Gasteiger partial charge is 0.343 e. The first kappa shape index (κ1) is 21.9. The number of hydrogen-bond donors (Lipinski definition) is 1. The van der Waals surface area contributed by atoms with Crippen molar-refractivity contribution in [3.8, 4) is 11.5 Å². The molecular weight excluding hydrogens is 431 g/mol. The zero-order chi connectivity index (χ0) is 23.3. The normalized spacial score (nSPS) is 14.3. The minimum atomic E-state index is -0.261. The van der Waals surface area contributed by atoms with Crippen molar-refractivity contribution in [2.24, 2.45) is 5.92 Å². The van der Waals surface area contributed by atoms with E-state index in [2.05, 4.69) is 24.9 Å². The van der Waals surface area contributed by atoms with E-state index < -0.39 is 0 Å². The third-order valence-corrected chi connectivity index (χ3v) is 6.24. The van der Waals surface area contributed by atoms with Crippen LogP contribution in [0.4, 0.5) is 4.39 Å². The molecule has 1 N–H and O–H groups in total. The molecular formula is C26H25FN6O. The van der Waals surface area contributed by atoms with Gasteiger partial charge in [-0.3, -0.25) is 14.8 Å². The summed E-state index contributed by atoms with van der Waals surface area (Å²) in [6.45, 7) is 1.40. The van der Waals surface area contributed by atoms with Gasteiger partial charge < -0.3 is 9.88 Å².